The van der Waals surface area contributed by atoms with Crippen LogP contribution >= 0.6 is 11.3 Å². The van der Waals surface area contributed by atoms with Gasteiger partial charge >= 0.3 is 12.1 Å². The van der Waals surface area contributed by atoms with Gasteiger partial charge in [-0.15, -0.1) is 11.3 Å². The molecule has 1 amide bonds. The van der Waals surface area contributed by atoms with Crippen LogP contribution in [0.3, 0.4) is 0 Å². The van der Waals surface area contributed by atoms with Gasteiger partial charge in [0.2, 0.25) is 0 Å². The Hall–Kier alpha value is -1.64. The number of halogens is 3. The monoisotopic (exact) mass is 280 g/mol. The second-order valence-corrected chi connectivity index (χ2v) is 4.53. The van der Waals surface area contributed by atoms with Crippen molar-refractivity contribution in [3.63, 3.8) is 0 Å². The Morgan fingerprint density at radius 1 is 1.56 bits per heavy atom. The highest BCUT2D eigenvalue weighted by atomic mass is 32.1. The van der Waals surface area contributed by atoms with Crippen molar-refractivity contribution < 1.29 is 27.5 Å². The molecule has 0 radical (unpaired) electrons. The number of aromatic nitrogens is 1. The Kier molecular flexibility index (Phi) is 3.24. The molecule has 0 bridgehead atoms. The van der Waals surface area contributed by atoms with Crippen LogP contribution in [0.4, 0.5) is 13.2 Å². The summed E-state index contributed by atoms with van der Waals surface area (Å²) in [4.78, 5) is 25.4. The molecular formula is C9H7F3N2O3S. The molecule has 1 fully saturated rings. The molecule has 1 saturated heterocycles. The minimum Gasteiger partial charge on any atom is -0.448 e. The fourth-order valence-electron chi connectivity index (χ4n) is 1.37. The SMILES string of the molecule is O=C(O[C@H]1CCNC1=O)c1cnc(C(F)(F)F)s1. The zero-order chi connectivity index (χ0) is 13.3. The molecule has 98 valence electrons. The summed E-state index contributed by atoms with van der Waals surface area (Å²) >= 11 is 0.190. The fraction of sp³-hybridized carbons (Fsp3) is 0.444. The predicted molar refractivity (Wildman–Crippen MR) is 53.9 cm³/mol. The molecule has 5 nitrogen and oxygen atoms in total. The van der Waals surface area contributed by atoms with E-state index in [0.29, 0.717) is 13.0 Å². The first-order chi connectivity index (χ1) is 8.38. The van der Waals surface area contributed by atoms with Crippen LogP contribution in [0, 0.1) is 0 Å². The quantitative estimate of drug-likeness (QED) is 0.827. The van der Waals surface area contributed by atoms with E-state index in [-0.39, 0.29) is 16.2 Å². The number of alkyl halides is 3. The van der Waals surface area contributed by atoms with Crippen LogP contribution in [0.15, 0.2) is 6.20 Å². The number of ether oxygens (including phenoxy) is 1. The average Bonchev–Trinajstić information content (AvgIpc) is 2.87. The van der Waals surface area contributed by atoms with E-state index in [4.69, 9.17) is 4.74 Å². The van der Waals surface area contributed by atoms with Gasteiger partial charge in [-0.25, -0.2) is 9.78 Å². The standard InChI is InChI=1S/C9H7F3N2O3S/c10-9(11,12)8-14-3-5(18-8)7(16)17-4-1-2-13-6(4)15/h3-4H,1-2H2,(H,13,15)/t4-/m0/s1. The van der Waals surface area contributed by atoms with Crippen molar-refractivity contribution in [2.24, 2.45) is 0 Å². The van der Waals surface area contributed by atoms with Gasteiger partial charge in [0.1, 0.15) is 4.88 Å². The summed E-state index contributed by atoms with van der Waals surface area (Å²) in [5.41, 5.74) is 0. The normalized spacial score (nSPS) is 19.7. The van der Waals surface area contributed by atoms with Gasteiger partial charge in [-0.05, 0) is 0 Å². The maximum absolute atomic E-state index is 12.3. The zero-order valence-corrected chi connectivity index (χ0v) is 9.60. The second kappa shape index (κ2) is 4.56. The van der Waals surface area contributed by atoms with E-state index in [9.17, 15) is 22.8 Å². The van der Waals surface area contributed by atoms with Gasteiger partial charge < -0.3 is 10.1 Å². The van der Waals surface area contributed by atoms with Crippen molar-refractivity contribution in [1.82, 2.24) is 10.3 Å². The molecule has 1 aliphatic rings. The minimum atomic E-state index is -4.59. The highest BCUT2D eigenvalue weighted by Crippen LogP contribution is 2.32. The van der Waals surface area contributed by atoms with Crippen molar-refractivity contribution in [3.05, 3.63) is 16.1 Å². The third kappa shape index (κ3) is 2.61. The summed E-state index contributed by atoms with van der Waals surface area (Å²) < 4.78 is 41.6. The highest BCUT2D eigenvalue weighted by molar-refractivity contribution is 7.13. The number of esters is 1. The molecule has 1 atom stereocenters. The molecule has 1 aromatic heterocycles. The van der Waals surface area contributed by atoms with Crippen molar-refractivity contribution in [2.75, 3.05) is 6.54 Å². The number of carbonyl (C=O) groups excluding carboxylic acids is 2. The maximum atomic E-state index is 12.3. The van der Waals surface area contributed by atoms with E-state index in [1.54, 1.807) is 0 Å². The molecule has 0 aliphatic carbocycles. The van der Waals surface area contributed by atoms with Gasteiger partial charge in [-0.2, -0.15) is 13.2 Å². The summed E-state index contributed by atoms with van der Waals surface area (Å²) in [7, 11) is 0. The second-order valence-electron chi connectivity index (χ2n) is 3.50. The molecule has 1 aliphatic heterocycles. The van der Waals surface area contributed by atoms with Gasteiger partial charge in [0.15, 0.2) is 11.1 Å². The van der Waals surface area contributed by atoms with E-state index in [2.05, 4.69) is 10.3 Å². The molecule has 2 rings (SSSR count). The predicted octanol–water partition coefficient (Wildman–Crippen LogP) is 1.21. The lowest BCUT2D eigenvalue weighted by molar-refractivity contribution is -0.137. The van der Waals surface area contributed by atoms with E-state index in [0.717, 1.165) is 6.20 Å². The molecule has 2 heterocycles. The molecule has 9 heteroatoms. The lowest BCUT2D eigenvalue weighted by Crippen LogP contribution is -2.27. The molecule has 0 spiro atoms. The molecule has 0 saturated carbocycles. The number of carbonyl (C=O) groups is 2. The smallest absolute Gasteiger partial charge is 0.443 e. The number of hydrogen-bond donors (Lipinski definition) is 1. The Labute approximate surface area is 103 Å². The molecular weight excluding hydrogens is 273 g/mol. The molecule has 0 aromatic carbocycles. The molecule has 1 N–H and O–H groups in total. The Morgan fingerprint density at radius 2 is 2.28 bits per heavy atom. The van der Waals surface area contributed by atoms with Crippen LogP contribution in [-0.4, -0.2) is 29.5 Å². The lowest BCUT2D eigenvalue weighted by atomic mass is 10.3. The Morgan fingerprint density at radius 3 is 2.78 bits per heavy atom. The van der Waals surface area contributed by atoms with Gasteiger partial charge in [0, 0.05) is 13.0 Å². The van der Waals surface area contributed by atoms with Gasteiger partial charge in [0.25, 0.3) is 5.91 Å². The van der Waals surface area contributed by atoms with Crippen LogP contribution in [0.25, 0.3) is 0 Å². The lowest BCUT2D eigenvalue weighted by Gasteiger charge is -2.07. The van der Waals surface area contributed by atoms with Crippen LogP contribution in [-0.2, 0) is 15.7 Å². The topological polar surface area (TPSA) is 68.3 Å². The first-order valence-corrected chi connectivity index (χ1v) is 5.71. The number of rotatable bonds is 2. The van der Waals surface area contributed by atoms with E-state index >= 15 is 0 Å². The number of nitrogens with zero attached hydrogens (tertiary/aromatic N) is 1. The molecule has 1 aromatic rings. The summed E-state index contributed by atoms with van der Waals surface area (Å²) in [5, 5.41) is 1.33. The van der Waals surface area contributed by atoms with Crippen molar-refractivity contribution in [3.8, 4) is 0 Å². The Bertz CT molecular complexity index is 486. The Balaban J connectivity index is 2.05. The number of hydrogen-bond acceptors (Lipinski definition) is 5. The minimum absolute atomic E-state index is 0.190. The third-order valence-electron chi connectivity index (χ3n) is 2.20. The zero-order valence-electron chi connectivity index (χ0n) is 8.78. The number of amides is 1. The maximum Gasteiger partial charge on any atom is 0.443 e. The summed E-state index contributed by atoms with van der Waals surface area (Å²) in [5.74, 6) is -1.41. The summed E-state index contributed by atoms with van der Waals surface area (Å²) in [6.45, 7) is 0.382. The highest BCUT2D eigenvalue weighted by Gasteiger charge is 2.36. The average molecular weight is 280 g/mol. The fourth-order valence-corrected chi connectivity index (χ4v) is 2.04. The van der Waals surface area contributed by atoms with Gasteiger partial charge in [0.05, 0.1) is 6.20 Å². The van der Waals surface area contributed by atoms with Gasteiger partial charge in [-0.1, -0.05) is 0 Å². The van der Waals surface area contributed by atoms with Crippen LogP contribution in [0.2, 0.25) is 0 Å². The van der Waals surface area contributed by atoms with E-state index in [1.165, 1.54) is 0 Å². The van der Waals surface area contributed by atoms with E-state index < -0.39 is 29.2 Å². The van der Waals surface area contributed by atoms with Crippen molar-refractivity contribution in [2.45, 2.75) is 18.7 Å². The first kappa shape index (κ1) is 12.8. The summed E-state index contributed by atoms with van der Waals surface area (Å²) in [6.07, 6.45) is -4.42. The van der Waals surface area contributed by atoms with Crippen molar-refractivity contribution in [1.29, 1.82) is 0 Å². The number of thiazole rings is 1. The molecule has 0 unspecified atom stereocenters. The number of nitrogens with one attached hydrogen (secondary N) is 1. The van der Waals surface area contributed by atoms with E-state index in [1.807, 2.05) is 0 Å². The van der Waals surface area contributed by atoms with Gasteiger partial charge in [-0.3, -0.25) is 4.79 Å². The third-order valence-corrected chi connectivity index (χ3v) is 3.22. The van der Waals surface area contributed by atoms with Crippen LogP contribution < -0.4 is 5.32 Å². The van der Waals surface area contributed by atoms with Crippen LogP contribution in [0.5, 0.6) is 0 Å². The van der Waals surface area contributed by atoms with Crippen molar-refractivity contribution >= 4 is 23.2 Å². The van der Waals surface area contributed by atoms with Crippen LogP contribution in [0.1, 0.15) is 21.1 Å². The summed E-state index contributed by atoms with van der Waals surface area (Å²) in [6, 6.07) is 0. The largest absolute Gasteiger partial charge is 0.448 e. The first-order valence-electron chi connectivity index (χ1n) is 4.89. The molecule has 18 heavy (non-hydrogen) atoms.